The summed E-state index contributed by atoms with van der Waals surface area (Å²) in [6.45, 7) is 2.92. The molecule has 2 N–H and O–H groups in total. The number of benzene rings is 1. The maximum Gasteiger partial charge on any atom is 0.237 e. The molecule has 0 aliphatic carbocycles. The van der Waals surface area contributed by atoms with Crippen LogP contribution in [0.5, 0.6) is 5.75 Å². The summed E-state index contributed by atoms with van der Waals surface area (Å²) in [5.41, 5.74) is 1.06. The van der Waals surface area contributed by atoms with Crippen molar-refractivity contribution in [1.82, 2.24) is 10.6 Å². The number of rotatable bonds is 4. The van der Waals surface area contributed by atoms with E-state index in [9.17, 15) is 4.79 Å². The van der Waals surface area contributed by atoms with Crippen LogP contribution in [0.3, 0.4) is 0 Å². The number of ether oxygens (including phenoxy) is 1. The van der Waals surface area contributed by atoms with Crippen molar-refractivity contribution in [3.8, 4) is 5.75 Å². The molecule has 18 heavy (non-hydrogen) atoms. The summed E-state index contributed by atoms with van der Waals surface area (Å²) < 4.78 is 5.18. The Morgan fingerprint density at radius 3 is 3.06 bits per heavy atom. The Bertz CT molecular complexity index is 414. The molecule has 1 aliphatic heterocycles. The van der Waals surface area contributed by atoms with Crippen molar-refractivity contribution in [2.45, 2.75) is 31.8 Å². The molecule has 98 valence electrons. The maximum atomic E-state index is 12.0. The van der Waals surface area contributed by atoms with Crippen molar-refractivity contribution in [2.24, 2.45) is 0 Å². The number of hydrogen-bond donors (Lipinski definition) is 2. The van der Waals surface area contributed by atoms with Gasteiger partial charge in [0.2, 0.25) is 5.91 Å². The average Bonchev–Trinajstić information content (AvgIpc) is 2.92. The van der Waals surface area contributed by atoms with Gasteiger partial charge in [0.15, 0.2) is 0 Å². The number of carbonyl (C=O) groups excluding carboxylic acids is 1. The predicted molar refractivity (Wildman–Crippen MR) is 70.6 cm³/mol. The summed E-state index contributed by atoms with van der Waals surface area (Å²) in [7, 11) is 1.64. The quantitative estimate of drug-likeness (QED) is 0.851. The van der Waals surface area contributed by atoms with Crippen LogP contribution in [0.15, 0.2) is 24.3 Å². The summed E-state index contributed by atoms with van der Waals surface area (Å²) in [6, 6.07) is 7.75. The third-order valence-electron chi connectivity index (χ3n) is 3.33. The van der Waals surface area contributed by atoms with Gasteiger partial charge >= 0.3 is 0 Å². The highest BCUT2D eigenvalue weighted by Gasteiger charge is 2.23. The fourth-order valence-electron chi connectivity index (χ4n) is 2.22. The summed E-state index contributed by atoms with van der Waals surface area (Å²) in [6.07, 6.45) is 2.00. The van der Waals surface area contributed by atoms with Gasteiger partial charge in [-0.25, -0.2) is 0 Å². The monoisotopic (exact) mass is 248 g/mol. The van der Waals surface area contributed by atoms with Crippen LogP contribution in [0.4, 0.5) is 0 Å². The largest absolute Gasteiger partial charge is 0.497 e. The maximum absolute atomic E-state index is 12.0. The van der Waals surface area contributed by atoms with E-state index >= 15 is 0 Å². The lowest BCUT2D eigenvalue weighted by Crippen LogP contribution is -2.41. The zero-order valence-corrected chi connectivity index (χ0v) is 10.9. The number of carbonyl (C=O) groups is 1. The number of amides is 1. The van der Waals surface area contributed by atoms with Crippen molar-refractivity contribution in [3.63, 3.8) is 0 Å². The average molecular weight is 248 g/mol. The minimum Gasteiger partial charge on any atom is -0.497 e. The Morgan fingerprint density at radius 1 is 1.56 bits per heavy atom. The van der Waals surface area contributed by atoms with Gasteiger partial charge in [-0.15, -0.1) is 0 Å². The van der Waals surface area contributed by atoms with E-state index < -0.39 is 0 Å². The van der Waals surface area contributed by atoms with Crippen molar-refractivity contribution in [3.05, 3.63) is 29.8 Å². The molecule has 0 spiro atoms. The number of hydrogen-bond acceptors (Lipinski definition) is 3. The van der Waals surface area contributed by atoms with Crippen LogP contribution in [0.2, 0.25) is 0 Å². The molecule has 1 aliphatic rings. The SMILES string of the molecule is COc1cccc([C@@H](C)NC(=O)C2CCCN2)c1. The molecule has 1 saturated heterocycles. The minimum absolute atomic E-state index is 0.00463. The van der Waals surface area contributed by atoms with Crippen molar-refractivity contribution < 1.29 is 9.53 Å². The molecule has 0 aromatic heterocycles. The number of nitrogens with one attached hydrogen (secondary N) is 2. The minimum atomic E-state index is -0.0296. The highest BCUT2D eigenvalue weighted by Crippen LogP contribution is 2.19. The molecule has 1 aromatic rings. The molecule has 2 atom stereocenters. The third kappa shape index (κ3) is 3.01. The molecule has 1 aromatic carbocycles. The van der Waals surface area contributed by atoms with Gasteiger partial charge < -0.3 is 15.4 Å². The Morgan fingerprint density at radius 2 is 2.39 bits per heavy atom. The van der Waals surface area contributed by atoms with Gasteiger partial charge in [-0.1, -0.05) is 12.1 Å². The molecular formula is C14H20N2O2. The molecule has 1 amide bonds. The summed E-state index contributed by atoms with van der Waals surface area (Å²) in [5, 5.41) is 6.23. The standard InChI is InChI=1S/C14H20N2O2/c1-10(11-5-3-6-12(9-11)18-2)16-14(17)13-7-4-8-15-13/h3,5-6,9-10,13,15H,4,7-8H2,1-2H3,(H,16,17)/t10-,13?/m1/s1. The van der Waals surface area contributed by atoms with Gasteiger partial charge in [0, 0.05) is 0 Å². The van der Waals surface area contributed by atoms with Crippen LogP contribution in [0, 0.1) is 0 Å². The van der Waals surface area contributed by atoms with Gasteiger partial charge in [0.05, 0.1) is 19.2 Å². The molecule has 0 bridgehead atoms. The van der Waals surface area contributed by atoms with Gasteiger partial charge in [0.25, 0.3) is 0 Å². The topological polar surface area (TPSA) is 50.4 Å². The summed E-state index contributed by atoms with van der Waals surface area (Å²) >= 11 is 0. The smallest absolute Gasteiger partial charge is 0.237 e. The van der Waals surface area contributed by atoms with E-state index in [0.717, 1.165) is 30.7 Å². The molecule has 2 rings (SSSR count). The Labute approximate surface area is 108 Å². The van der Waals surface area contributed by atoms with Crippen LogP contribution >= 0.6 is 0 Å². The second-order valence-corrected chi connectivity index (χ2v) is 4.66. The molecular weight excluding hydrogens is 228 g/mol. The summed E-state index contributed by atoms with van der Waals surface area (Å²) in [5.74, 6) is 0.899. The Balaban J connectivity index is 1.97. The van der Waals surface area contributed by atoms with Gasteiger partial charge in [-0.3, -0.25) is 4.79 Å². The van der Waals surface area contributed by atoms with Crippen molar-refractivity contribution >= 4 is 5.91 Å². The molecule has 0 radical (unpaired) electrons. The fraction of sp³-hybridized carbons (Fsp3) is 0.500. The van der Waals surface area contributed by atoms with E-state index in [2.05, 4.69) is 10.6 Å². The molecule has 4 heteroatoms. The molecule has 1 fully saturated rings. The van der Waals surface area contributed by atoms with E-state index in [1.54, 1.807) is 7.11 Å². The fourth-order valence-corrected chi connectivity index (χ4v) is 2.22. The normalized spacial score (nSPS) is 20.4. The number of methoxy groups -OCH3 is 1. The van der Waals surface area contributed by atoms with Crippen LogP contribution in [0.1, 0.15) is 31.4 Å². The zero-order valence-electron chi connectivity index (χ0n) is 10.9. The van der Waals surface area contributed by atoms with Crippen LogP contribution in [-0.4, -0.2) is 25.6 Å². The Hall–Kier alpha value is -1.55. The highest BCUT2D eigenvalue weighted by molar-refractivity contribution is 5.82. The van der Waals surface area contributed by atoms with E-state index in [-0.39, 0.29) is 18.0 Å². The lowest BCUT2D eigenvalue weighted by Gasteiger charge is -2.18. The van der Waals surface area contributed by atoms with Crippen LogP contribution < -0.4 is 15.4 Å². The van der Waals surface area contributed by atoms with Gasteiger partial charge in [-0.2, -0.15) is 0 Å². The van der Waals surface area contributed by atoms with E-state index in [1.165, 1.54) is 0 Å². The first-order chi connectivity index (χ1) is 8.70. The first-order valence-corrected chi connectivity index (χ1v) is 6.38. The van der Waals surface area contributed by atoms with Gasteiger partial charge in [-0.05, 0) is 44.0 Å². The molecule has 0 saturated carbocycles. The first-order valence-electron chi connectivity index (χ1n) is 6.38. The van der Waals surface area contributed by atoms with Crippen molar-refractivity contribution in [1.29, 1.82) is 0 Å². The van der Waals surface area contributed by atoms with Crippen LogP contribution in [0.25, 0.3) is 0 Å². The van der Waals surface area contributed by atoms with E-state index in [1.807, 2.05) is 31.2 Å². The molecule has 1 heterocycles. The second-order valence-electron chi connectivity index (χ2n) is 4.66. The van der Waals surface area contributed by atoms with Crippen LogP contribution in [-0.2, 0) is 4.79 Å². The predicted octanol–water partition coefficient (Wildman–Crippen LogP) is 1.62. The zero-order chi connectivity index (χ0) is 13.0. The van der Waals surface area contributed by atoms with E-state index in [0.29, 0.717) is 0 Å². The van der Waals surface area contributed by atoms with Crippen molar-refractivity contribution in [2.75, 3.05) is 13.7 Å². The third-order valence-corrected chi connectivity index (χ3v) is 3.33. The summed E-state index contributed by atoms with van der Waals surface area (Å²) in [4.78, 5) is 12.0. The molecule has 1 unspecified atom stereocenters. The highest BCUT2D eigenvalue weighted by atomic mass is 16.5. The lowest BCUT2D eigenvalue weighted by molar-refractivity contribution is -0.123. The first kappa shape index (κ1) is 12.9. The lowest BCUT2D eigenvalue weighted by atomic mass is 10.1. The van der Waals surface area contributed by atoms with Gasteiger partial charge in [0.1, 0.15) is 5.75 Å². The molecule has 4 nitrogen and oxygen atoms in total. The Kier molecular flexibility index (Phi) is 4.20. The van der Waals surface area contributed by atoms with E-state index in [4.69, 9.17) is 4.74 Å². The second kappa shape index (κ2) is 5.87.